The van der Waals surface area contributed by atoms with Crippen LogP contribution in [0.1, 0.15) is 23.5 Å². The minimum atomic E-state index is -0.185. The van der Waals surface area contributed by atoms with Crippen LogP contribution in [0.25, 0.3) is 0 Å². The van der Waals surface area contributed by atoms with E-state index in [2.05, 4.69) is 45.5 Å². The first-order valence-corrected chi connectivity index (χ1v) is 7.25. The summed E-state index contributed by atoms with van der Waals surface area (Å²) in [6, 6.07) is 15.9. The first-order valence-electron chi connectivity index (χ1n) is 6.46. The summed E-state index contributed by atoms with van der Waals surface area (Å²) in [5.74, 6) is 0.420. The molecule has 1 aliphatic rings. The fourth-order valence-electron chi connectivity index (χ4n) is 2.41. The quantitative estimate of drug-likeness (QED) is 0.889. The van der Waals surface area contributed by atoms with Crippen LogP contribution in [0.5, 0.6) is 0 Å². The standard InChI is InChI=1S/C16H15BrFN/c17-15-7-6-13(18)8-12(15)10-19-16-9-14(16)11-4-2-1-3-5-11/h1-8,14,16,19H,9-10H2. The second kappa shape index (κ2) is 5.43. The molecule has 1 aliphatic carbocycles. The predicted molar refractivity (Wildman–Crippen MR) is 78.5 cm³/mol. The molecule has 2 aromatic carbocycles. The van der Waals surface area contributed by atoms with Crippen molar-refractivity contribution in [2.75, 3.05) is 0 Å². The zero-order valence-electron chi connectivity index (χ0n) is 10.4. The highest BCUT2D eigenvalue weighted by Crippen LogP contribution is 2.40. The smallest absolute Gasteiger partial charge is 0.123 e. The molecule has 2 aromatic rings. The van der Waals surface area contributed by atoms with Crippen molar-refractivity contribution >= 4 is 15.9 Å². The molecule has 0 radical (unpaired) electrons. The highest BCUT2D eigenvalue weighted by atomic mass is 79.9. The Morgan fingerprint density at radius 1 is 1.16 bits per heavy atom. The van der Waals surface area contributed by atoms with Crippen molar-refractivity contribution in [2.45, 2.75) is 24.9 Å². The van der Waals surface area contributed by atoms with Crippen LogP contribution in [0, 0.1) is 5.82 Å². The molecule has 2 unspecified atom stereocenters. The van der Waals surface area contributed by atoms with Crippen molar-refractivity contribution in [3.05, 3.63) is 69.9 Å². The fourth-order valence-corrected chi connectivity index (χ4v) is 2.80. The Labute approximate surface area is 121 Å². The van der Waals surface area contributed by atoms with Crippen LogP contribution in [0.15, 0.2) is 53.0 Å². The van der Waals surface area contributed by atoms with Crippen LogP contribution < -0.4 is 5.32 Å². The van der Waals surface area contributed by atoms with Gasteiger partial charge < -0.3 is 5.32 Å². The summed E-state index contributed by atoms with van der Waals surface area (Å²) >= 11 is 3.45. The topological polar surface area (TPSA) is 12.0 Å². The lowest BCUT2D eigenvalue weighted by Gasteiger charge is -2.07. The number of halogens is 2. The van der Waals surface area contributed by atoms with Crippen molar-refractivity contribution in [3.8, 4) is 0 Å². The van der Waals surface area contributed by atoms with Gasteiger partial charge in [-0.3, -0.25) is 0 Å². The maximum absolute atomic E-state index is 13.2. The van der Waals surface area contributed by atoms with Crippen molar-refractivity contribution in [3.63, 3.8) is 0 Å². The summed E-state index contributed by atoms with van der Waals surface area (Å²) in [6.45, 7) is 0.701. The Morgan fingerprint density at radius 3 is 2.74 bits per heavy atom. The van der Waals surface area contributed by atoms with Crippen LogP contribution in [0.4, 0.5) is 4.39 Å². The summed E-state index contributed by atoms with van der Waals surface area (Å²) in [4.78, 5) is 0. The van der Waals surface area contributed by atoms with E-state index in [0.29, 0.717) is 18.5 Å². The number of nitrogens with one attached hydrogen (secondary N) is 1. The maximum Gasteiger partial charge on any atom is 0.123 e. The van der Waals surface area contributed by atoms with Gasteiger partial charge in [0.2, 0.25) is 0 Å². The largest absolute Gasteiger partial charge is 0.309 e. The first kappa shape index (κ1) is 12.8. The Bertz CT molecular complexity index is 570. The van der Waals surface area contributed by atoms with Crippen LogP contribution in [0.3, 0.4) is 0 Å². The normalized spacial score (nSPS) is 21.4. The van der Waals surface area contributed by atoms with Crippen LogP contribution in [-0.2, 0) is 6.54 Å². The van der Waals surface area contributed by atoms with Gasteiger partial charge in [-0.1, -0.05) is 46.3 Å². The van der Waals surface area contributed by atoms with Crippen LogP contribution >= 0.6 is 15.9 Å². The summed E-state index contributed by atoms with van der Waals surface area (Å²) < 4.78 is 14.1. The van der Waals surface area contributed by atoms with E-state index in [9.17, 15) is 4.39 Å². The second-order valence-electron chi connectivity index (χ2n) is 4.98. The molecule has 0 aliphatic heterocycles. The van der Waals surface area contributed by atoms with Crippen LogP contribution in [-0.4, -0.2) is 6.04 Å². The van der Waals surface area contributed by atoms with Gasteiger partial charge in [-0.05, 0) is 35.7 Å². The van der Waals surface area contributed by atoms with E-state index in [1.807, 2.05) is 6.07 Å². The van der Waals surface area contributed by atoms with E-state index in [1.54, 1.807) is 12.1 Å². The molecule has 1 saturated carbocycles. The second-order valence-corrected chi connectivity index (χ2v) is 5.83. The third-order valence-electron chi connectivity index (χ3n) is 3.58. The van der Waals surface area contributed by atoms with Crippen molar-refractivity contribution in [1.29, 1.82) is 0 Å². The molecule has 0 aromatic heterocycles. The summed E-state index contributed by atoms with van der Waals surface area (Å²) in [5, 5.41) is 3.49. The maximum atomic E-state index is 13.2. The zero-order chi connectivity index (χ0) is 13.2. The Hall–Kier alpha value is -1.19. The van der Waals surface area contributed by atoms with Gasteiger partial charge in [-0.15, -0.1) is 0 Å². The molecule has 0 bridgehead atoms. The lowest BCUT2D eigenvalue weighted by atomic mass is 10.1. The highest BCUT2D eigenvalue weighted by Gasteiger charge is 2.37. The third-order valence-corrected chi connectivity index (χ3v) is 4.35. The van der Waals surface area contributed by atoms with Crippen molar-refractivity contribution < 1.29 is 4.39 Å². The molecular weight excluding hydrogens is 305 g/mol. The van der Waals surface area contributed by atoms with Gasteiger partial charge in [0.05, 0.1) is 0 Å². The zero-order valence-corrected chi connectivity index (χ0v) is 12.0. The van der Waals surface area contributed by atoms with Gasteiger partial charge in [-0.25, -0.2) is 4.39 Å². The molecule has 0 heterocycles. The SMILES string of the molecule is Fc1ccc(Br)c(CNC2CC2c2ccccc2)c1. The number of hydrogen-bond acceptors (Lipinski definition) is 1. The average molecular weight is 320 g/mol. The summed E-state index contributed by atoms with van der Waals surface area (Å²) in [5.41, 5.74) is 2.36. The lowest BCUT2D eigenvalue weighted by molar-refractivity contribution is 0.617. The minimum Gasteiger partial charge on any atom is -0.309 e. The predicted octanol–water partition coefficient (Wildman–Crippen LogP) is 4.23. The van der Waals surface area contributed by atoms with Gasteiger partial charge >= 0.3 is 0 Å². The molecular formula is C16H15BrFN. The molecule has 98 valence electrons. The van der Waals surface area contributed by atoms with E-state index >= 15 is 0 Å². The van der Waals surface area contributed by atoms with Gasteiger partial charge in [0.25, 0.3) is 0 Å². The van der Waals surface area contributed by atoms with E-state index in [1.165, 1.54) is 11.6 Å². The molecule has 0 saturated heterocycles. The Balaban J connectivity index is 1.59. The number of rotatable bonds is 4. The Morgan fingerprint density at radius 2 is 1.95 bits per heavy atom. The van der Waals surface area contributed by atoms with Gasteiger partial charge in [-0.2, -0.15) is 0 Å². The van der Waals surface area contributed by atoms with Gasteiger partial charge in [0.1, 0.15) is 5.82 Å². The Kier molecular flexibility index (Phi) is 3.67. The van der Waals surface area contributed by atoms with Crippen molar-refractivity contribution in [1.82, 2.24) is 5.32 Å². The number of benzene rings is 2. The number of hydrogen-bond donors (Lipinski definition) is 1. The molecule has 0 amide bonds. The first-order chi connectivity index (χ1) is 9.24. The molecule has 0 spiro atoms. The van der Waals surface area contributed by atoms with E-state index in [4.69, 9.17) is 0 Å². The lowest BCUT2D eigenvalue weighted by Crippen LogP contribution is -2.17. The molecule has 2 atom stereocenters. The highest BCUT2D eigenvalue weighted by molar-refractivity contribution is 9.10. The molecule has 19 heavy (non-hydrogen) atoms. The molecule has 3 heteroatoms. The fraction of sp³-hybridized carbons (Fsp3) is 0.250. The summed E-state index contributed by atoms with van der Waals surface area (Å²) in [6.07, 6.45) is 1.16. The van der Waals surface area contributed by atoms with Crippen LogP contribution in [0.2, 0.25) is 0 Å². The average Bonchev–Trinajstić information content (AvgIpc) is 3.20. The molecule has 1 N–H and O–H groups in total. The van der Waals surface area contributed by atoms with Gasteiger partial charge in [0, 0.05) is 23.0 Å². The molecule has 3 rings (SSSR count). The van der Waals surface area contributed by atoms with Crippen molar-refractivity contribution in [2.24, 2.45) is 0 Å². The minimum absolute atomic E-state index is 0.185. The summed E-state index contributed by atoms with van der Waals surface area (Å²) in [7, 11) is 0. The molecule has 1 fully saturated rings. The van der Waals surface area contributed by atoms with Gasteiger partial charge in [0.15, 0.2) is 0 Å². The van der Waals surface area contributed by atoms with E-state index < -0.39 is 0 Å². The third kappa shape index (κ3) is 3.04. The van der Waals surface area contributed by atoms with E-state index in [-0.39, 0.29) is 5.82 Å². The monoisotopic (exact) mass is 319 g/mol. The molecule has 1 nitrogen and oxygen atoms in total. The van der Waals surface area contributed by atoms with E-state index in [0.717, 1.165) is 16.5 Å².